The summed E-state index contributed by atoms with van der Waals surface area (Å²) in [6.07, 6.45) is 0.666. The first kappa shape index (κ1) is 11.8. The molecule has 1 fully saturated rings. The normalized spacial score (nSPS) is 19.7. The summed E-state index contributed by atoms with van der Waals surface area (Å²) in [7, 11) is 0. The van der Waals surface area contributed by atoms with Gasteiger partial charge in [-0.2, -0.15) is 0 Å². The lowest BCUT2D eigenvalue weighted by molar-refractivity contribution is 0.0696. The van der Waals surface area contributed by atoms with E-state index in [0.29, 0.717) is 19.5 Å². The molecule has 1 aromatic rings. The fraction of sp³-hybridized carbons (Fsp3) is 0.364. The molecule has 1 saturated heterocycles. The van der Waals surface area contributed by atoms with Crippen molar-refractivity contribution in [2.45, 2.75) is 12.5 Å². The Morgan fingerprint density at radius 3 is 2.41 bits per heavy atom. The molecule has 0 aliphatic carbocycles. The van der Waals surface area contributed by atoms with Crippen molar-refractivity contribution < 1.29 is 18.7 Å². The van der Waals surface area contributed by atoms with E-state index in [2.05, 4.69) is 0 Å². The van der Waals surface area contributed by atoms with E-state index in [0.717, 1.165) is 12.1 Å². The number of rotatable bonds is 2. The lowest BCUT2D eigenvalue weighted by Crippen LogP contribution is -2.27. The van der Waals surface area contributed by atoms with Crippen LogP contribution >= 0.6 is 0 Å². The number of hydrogen-bond donors (Lipinski definition) is 2. The molecule has 0 radical (unpaired) electrons. The zero-order valence-electron chi connectivity index (χ0n) is 8.99. The van der Waals surface area contributed by atoms with Gasteiger partial charge in [0.05, 0.1) is 5.56 Å². The molecule has 2 rings (SSSR count). The van der Waals surface area contributed by atoms with E-state index in [-0.39, 0.29) is 11.7 Å². The molecule has 0 amide bonds. The second kappa shape index (κ2) is 4.29. The maximum atomic E-state index is 13.7. The smallest absolute Gasteiger partial charge is 0.335 e. The Morgan fingerprint density at radius 2 is 2.00 bits per heavy atom. The van der Waals surface area contributed by atoms with Gasteiger partial charge in [-0.1, -0.05) is 0 Å². The summed E-state index contributed by atoms with van der Waals surface area (Å²) >= 11 is 0. The Hall–Kier alpha value is -1.69. The predicted octanol–water partition coefficient (Wildman–Crippen LogP) is 1.20. The molecule has 1 atom stereocenters. The molecule has 92 valence electrons. The zero-order chi connectivity index (χ0) is 12.6. The van der Waals surface area contributed by atoms with Crippen LogP contribution in [0.1, 0.15) is 16.8 Å². The van der Waals surface area contributed by atoms with E-state index in [1.54, 1.807) is 0 Å². The number of nitrogens with two attached hydrogens (primary N) is 1. The minimum absolute atomic E-state index is 0.104. The highest BCUT2D eigenvalue weighted by molar-refractivity contribution is 5.88. The van der Waals surface area contributed by atoms with Gasteiger partial charge in [0.2, 0.25) is 0 Å². The van der Waals surface area contributed by atoms with Crippen molar-refractivity contribution in [2.24, 2.45) is 5.73 Å². The van der Waals surface area contributed by atoms with Crippen LogP contribution in [0.4, 0.5) is 14.5 Å². The van der Waals surface area contributed by atoms with E-state index in [4.69, 9.17) is 10.8 Å². The van der Waals surface area contributed by atoms with Crippen LogP contribution in [-0.2, 0) is 0 Å². The zero-order valence-corrected chi connectivity index (χ0v) is 8.99. The van der Waals surface area contributed by atoms with Crippen LogP contribution in [0.2, 0.25) is 0 Å². The second-order valence-corrected chi connectivity index (χ2v) is 4.09. The maximum absolute atomic E-state index is 13.7. The fourth-order valence-electron chi connectivity index (χ4n) is 1.98. The molecule has 0 saturated carbocycles. The summed E-state index contributed by atoms with van der Waals surface area (Å²) < 4.78 is 27.3. The van der Waals surface area contributed by atoms with Crippen molar-refractivity contribution in [1.29, 1.82) is 0 Å². The number of carboxylic acids is 1. The van der Waals surface area contributed by atoms with Crippen LogP contribution in [0, 0.1) is 11.6 Å². The molecule has 1 aliphatic rings. The van der Waals surface area contributed by atoms with Crippen LogP contribution in [0.5, 0.6) is 0 Å². The number of hydrogen-bond acceptors (Lipinski definition) is 3. The first-order valence-corrected chi connectivity index (χ1v) is 5.22. The highest BCUT2D eigenvalue weighted by Crippen LogP contribution is 2.27. The third-order valence-electron chi connectivity index (χ3n) is 2.80. The summed E-state index contributed by atoms with van der Waals surface area (Å²) in [6, 6.07) is 1.54. The molecule has 0 aromatic heterocycles. The Bertz CT molecular complexity index is 442. The fourth-order valence-corrected chi connectivity index (χ4v) is 1.98. The molecular weight excluding hydrogens is 230 g/mol. The van der Waals surface area contributed by atoms with Gasteiger partial charge in [-0.3, -0.25) is 0 Å². The SMILES string of the molecule is NC1CCN(c2c(F)cc(C(=O)O)cc2F)C1. The lowest BCUT2D eigenvalue weighted by Gasteiger charge is -2.19. The van der Waals surface area contributed by atoms with Crippen LogP contribution in [-0.4, -0.2) is 30.2 Å². The Morgan fingerprint density at radius 1 is 1.41 bits per heavy atom. The first-order chi connectivity index (χ1) is 7.99. The molecule has 0 bridgehead atoms. The Balaban J connectivity index is 2.38. The van der Waals surface area contributed by atoms with Gasteiger partial charge in [-0.25, -0.2) is 13.6 Å². The topological polar surface area (TPSA) is 66.6 Å². The van der Waals surface area contributed by atoms with Crippen LogP contribution in [0.15, 0.2) is 12.1 Å². The van der Waals surface area contributed by atoms with Crippen molar-refractivity contribution >= 4 is 11.7 Å². The summed E-state index contributed by atoms with van der Waals surface area (Å²) in [5.41, 5.74) is 5.07. The quantitative estimate of drug-likeness (QED) is 0.817. The molecule has 3 N–H and O–H groups in total. The van der Waals surface area contributed by atoms with Crippen LogP contribution in [0.25, 0.3) is 0 Å². The average molecular weight is 242 g/mol. The monoisotopic (exact) mass is 242 g/mol. The van der Waals surface area contributed by atoms with E-state index < -0.39 is 23.2 Å². The van der Waals surface area contributed by atoms with Crippen molar-refractivity contribution in [1.82, 2.24) is 0 Å². The molecule has 6 heteroatoms. The molecule has 17 heavy (non-hydrogen) atoms. The molecule has 1 aliphatic heterocycles. The molecule has 1 unspecified atom stereocenters. The standard InChI is InChI=1S/C11H12F2N2O2/c12-8-3-6(11(16)17)4-9(13)10(8)15-2-1-7(14)5-15/h3-4,7H,1-2,5,14H2,(H,16,17). The Kier molecular flexibility index (Phi) is 2.97. The van der Waals surface area contributed by atoms with Gasteiger partial charge in [0, 0.05) is 19.1 Å². The Labute approximate surface area is 96.6 Å². The van der Waals surface area contributed by atoms with Crippen LogP contribution < -0.4 is 10.6 Å². The first-order valence-electron chi connectivity index (χ1n) is 5.22. The van der Waals surface area contributed by atoms with Gasteiger partial charge in [0.25, 0.3) is 0 Å². The summed E-state index contributed by atoms with van der Waals surface area (Å²) in [5.74, 6) is -3.08. The second-order valence-electron chi connectivity index (χ2n) is 4.09. The summed E-state index contributed by atoms with van der Waals surface area (Å²) in [6.45, 7) is 0.849. The number of carboxylic acid groups (broad SMARTS) is 1. The predicted molar refractivity (Wildman–Crippen MR) is 58.1 cm³/mol. The average Bonchev–Trinajstić information content (AvgIpc) is 2.63. The number of halogens is 2. The van der Waals surface area contributed by atoms with E-state index >= 15 is 0 Å². The van der Waals surface area contributed by atoms with E-state index in [1.165, 1.54) is 4.90 Å². The molecular formula is C11H12F2N2O2. The maximum Gasteiger partial charge on any atom is 0.335 e. The number of anilines is 1. The van der Waals surface area contributed by atoms with Crippen molar-refractivity contribution in [3.8, 4) is 0 Å². The van der Waals surface area contributed by atoms with E-state index in [1.807, 2.05) is 0 Å². The molecule has 4 nitrogen and oxygen atoms in total. The van der Waals surface area contributed by atoms with Crippen molar-refractivity contribution in [3.63, 3.8) is 0 Å². The van der Waals surface area contributed by atoms with Gasteiger partial charge in [0.15, 0.2) is 0 Å². The molecule has 0 spiro atoms. The van der Waals surface area contributed by atoms with Crippen LogP contribution in [0.3, 0.4) is 0 Å². The van der Waals surface area contributed by atoms with Gasteiger partial charge < -0.3 is 15.7 Å². The van der Waals surface area contributed by atoms with Crippen molar-refractivity contribution in [2.75, 3.05) is 18.0 Å². The summed E-state index contributed by atoms with van der Waals surface area (Å²) in [4.78, 5) is 12.1. The number of carbonyl (C=O) groups is 1. The number of benzene rings is 1. The molecule has 1 aromatic carbocycles. The largest absolute Gasteiger partial charge is 0.478 e. The summed E-state index contributed by atoms with van der Waals surface area (Å²) in [5, 5.41) is 8.67. The lowest BCUT2D eigenvalue weighted by atomic mass is 10.1. The van der Waals surface area contributed by atoms with E-state index in [9.17, 15) is 13.6 Å². The number of nitrogens with zero attached hydrogens (tertiary/aromatic N) is 1. The number of aromatic carboxylic acids is 1. The minimum Gasteiger partial charge on any atom is -0.478 e. The van der Waals surface area contributed by atoms with Gasteiger partial charge >= 0.3 is 5.97 Å². The molecule has 1 heterocycles. The highest BCUT2D eigenvalue weighted by Gasteiger charge is 2.25. The van der Waals surface area contributed by atoms with Crippen molar-refractivity contribution in [3.05, 3.63) is 29.3 Å². The third kappa shape index (κ3) is 2.21. The van der Waals surface area contributed by atoms with Gasteiger partial charge in [-0.15, -0.1) is 0 Å². The highest BCUT2D eigenvalue weighted by atomic mass is 19.1. The third-order valence-corrected chi connectivity index (χ3v) is 2.80. The minimum atomic E-state index is -1.35. The van der Waals surface area contributed by atoms with Gasteiger partial charge in [-0.05, 0) is 18.6 Å². The van der Waals surface area contributed by atoms with Gasteiger partial charge in [0.1, 0.15) is 17.3 Å².